The van der Waals surface area contributed by atoms with Gasteiger partial charge < -0.3 is 14.9 Å². The van der Waals surface area contributed by atoms with E-state index in [9.17, 15) is 19.1 Å². The molecule has 1 aliphatic heterocycles. The SMILES string of the molecule is O=C(NO)C(O)CC(=O)N1CCN(c2ccc(F)cc2)CC1. The van der Waals surface area contributed by atoms with Crippen molar-refractivity contribution in [3.05, 3.63) is 30.1 Å². The molecule has 1 aromatic carbocycles. The predicted molar refractivity (Wildman–Crippen MR) is 75.7 cm³/mol. The van der Waals surface area contributed by atoms with Crippen molar-refractivity contribution in [2.45, 2.75) is 12.5 Å². The number of piperazine rings is 1. The van der Waals surface area contributed by atoms with Crippen LogP contribution in [-0.2, 0) is 9.59 Å². The summed E-state index contributed by atoms with van der Waals surface area (Å²) >= 11 is 0. The lowest BCUT2D eigenvalue weighted by Gasteiger charge is -2.36. The number of benzene rings is 1. The Labute approximate surface area is 126 Å². The third-order valence-electron chi connectivity index (χ3n) is 3.60. The van der Waals surface area contributed by atoms with Crippen molar-refractivity contribution in [1.29, 1.82) is 0 Å². The number of aliphatic hydroxyl groups is 1. The second kappa shape index (κ2) is 7.19. The summed E-state index contributed by atoms with van der Waals surface area (Å²) in [7, 11) is 0. The van der Waals surface area contributed by atoms with Crippen LogP contribution in [0.5, 0.6) is 0 Å². The lowest BCUT2D eigenvalue weighted by molar-refractivity contribution is -0.144. The molecule has 2 amide bonds. The highest BCUT2D eigenvalue weighted by atomic mass is 19.1. The summed E-state index contributed by atoms with van der Waals surface area (Å²) in [6, 6.07) is 6.14. The Hall–Kier alpha value is -2.19. The zero-order valence-electron chi connectivity index (χ0n) is 11.9. The fraction of sp³-hybridized carbons (Fsp3) is 0.429. The molecule has 7 nitrogen and oxygen atoms in total. The number of carbonyl (C=O) groups is 2. The molecule has 1 fully saturated rings. The van der Waals surface area contributed by atoms with Crippen molar-refractivity contribution in [2.75, 3.05) is 31.1 Å². The van der Waals surface area contributed by atoms with E-state index in [0.717, 1.165) is 5.69 Å². The Morgan fingerprint density at radius 3 is 2.32 bits per heavy atom. The molecule has 3 N–H and O–H groups in total. The third-order valence-corrected chi connectivity index (χ3v) is 3.60. The molecule has 1 aliphatic rings. The Morgan fingerprint density at radius 1 is 1.18 bits per heavy atom. The van der Waals surface area contributed by atoms with Crippen molar-refractivity contribution in [3.63, 3.8) is 0 Å². The predicted octanol–water partition coefficient (Wildman–Crippen LogP) is -0.269. The van der Waals surface area contributed by atoms with Crippen LogP contribution in [0.4, 0.5) is 10.1 Å². The number of halogens is 1. The van der Waals surface area contributed by atoms with Crippen LogP contribution < -0.4 is 10.4 Å². The number of rotatable bonds is 4. The lowest BCUT2D eigenvalue weighted by Crippen LogP contribution is -2.50. The van der Waals surface area contributed by atoms with Crippen LogP contribution >= 0.6 is 0 Å². The highest BCUT2D eigenvalue weighted by Gasteiger charge is 2.25. The van der Waals surface area contributed by atoms with Gasteiger partial charge in [-0.2, -0.15) is 0 Å². The maximum absolute atomic E-state index is 12.9. The van der Waals surface area contributed by atoms with Crippen molar-refractivity contribution in [2.24, 2.45) is 0 Å². The second-order valence-electron chi connectivity index (χ2n) is 5.04. The van der Waals surface area contributed by atoms with Gasteiger partial charge >= 0.3 is 0 Å². The molecular formula is C14H18FN3O4. The summed E-state index contributed by atoms with van der Waals surface area (Å²) in [5.74, 6) is -1.65. The molecule has 0 bridgehead atoms. The average molecular weight is 311 g/mol. The molecule has 8 heteroatoms. The number of hydroxylamine groups is 1. The number of anilines is 1. The van der Waals surface area contributed by atoms with E-state index in [1.165, 1.54) is 17.6 Å². The maximum atomic E-state index is 12.9. The normalized spacial score (nSPS) is 16.3. The minimum Gasteiger partial charge on any atom is -0.383 e. The minimum absolute atomic E-state index is 0.297. The van der Waals surface area contributed by atoms with Gasteiger partial charge in [0.15, 0.2) is 0 Å². The number of amides is 2. The molecule has 0 aromatic heterocycles. The fourth-order valence-electron chi connectivity index (χ4n) is 2.33. The van der Waals surface area contributed by atoms with E-state index in [0.29, 0.717) is 26.2 Å². The van der Waals surface area contributed by atoms with Crippen LogP contribution in [0.1, 0.15) is 6.42 Å². The molecule has 1 aromatic rings. The summed E-state index contributed by atoms with van der Waals surface area (Å²) < 4.78 is 12.9. The van der Waals surface area contributed by atoms with Gasteiger partial charge in [0.05, 0.1) is 6.42 Å². The number of hydrogen-bond acceptors (Lipinski definition) is 5. The molecule has 0 saturated carbocycles. The molecule has 0 radical (unpaired) electrons. The maximum Gasteiger partial charge on any atom is 0.272 e. The fourth-order valence-corrected chi connectivity index (χ4v) is 2.33. The number of nitrogens with one attached hydrogen (secondary N) is 1. The van der Waals surface area contributed by atoms with Crippen LogP contribution in [0.25, 0.3) is 0 Å². The first kappa shape index (κ1) is 16.2. The molecular weight excluding hydrogens is 293 g/mol. The quantitative estimate of drug-likeness (QED) is 0.526. The van der Waals surface area contributed by atoms with Crippen LogP contribution in [0.2, 0.25) is 0 Å². The smallest absolute Gasteiger partial charge is 0.272 e. The summed E-state index contributed by atoms with van der Waals surface area (Å²) in [5, 5.41) is 17.8. The second-order valence-corrected chi connectivity index (χ2v) is 5.04. The van der Waals surface area contributed by atoms with Gasteiger partial charge in [0.1, 0.15) is 11.9 Å². The summed E-state index contributed by atoms with van der Waals surface area (Å²) in [5.41, 5.74) is 2.19. The van der Waals surface area contributed by atoms with E-state index < -0.39 is 12.0 Å². The van der Waals surface area contributed by atoms with E-state index >= 15 is 0 Å². The average Bonchev–Trinajstić information content (AvgIpc) is 2.54. The van der Waals surface area contributed by atoms with E-state index in [-0.39, 0.29) is 18.1 Å². The highest BCUT2D eigenvalue weighted by molar-refractivity contribution is 5.86. The van der Waals surface area contributed by atoms with Crippen LogP contribution in [-0.4, -0.2) is 59.3 Å². The number of carbonyl (C=O) groups excluding carboxylic acids is 2. The van der Waals surface area contributed by atoms with Crippen LogP contribution in [0.3, 0.4) is 0 Å². The van der Waals surface area contributed by atoms with Gasteiger partial charge in [0.25, 0.3) is 5.91 Å². The first-order chi connectivity index (χ1) is 10.5. The molecule has 22 heavy (non-hydrogen) atoms. The van der Waals surface area contributed by atoms with Gasteiger partial charge in [-0.1, -0.05) is 0 Å². The molecule has 1 unspecified atom stereocenters. The molecule has 1 heterocycles. The zero-order valence-corrected chi connectivity index (χ0v) is 11.9. The lowest BCUT2D eigenvalue weighted by atomic mass is 10.2. The highest BCUT2D eigenvalue weighted by Crippen LogP contribution is 2.17. The van der Waals surface area contributed by atoms with E-state index in [2.05, 4.69) is 0 Å². The Bertz CT molecular complexity index is 529. The molecule has 2 rings (SSSR count). The Morgan fingerprint density at radius 2 is 1.77 bits per heavy atom. The van der Waals surface area contributed by atoms with Gasteiger partial charge in [-0.05, 0) is 24.3 Å². The number of nitrogens with zero attached hydrogens (tertiary/aromatic N) is 2. The number of hydrogen-bond donors (Lipinski definition) is 3. The zero-order chi connectivity index (χ0) is 16.1. The summed E-state index contributed by atoms with van der Waals surface area (Å²) in [6.07, 6.45) is -1.93. The largest absolute Gasteiger partial charge is 0.383 e. The van der Waals surface area contributed by atoms with Gasteiger partial charge in [-0.15, -0.1) is 0 Å². The summed E-state index contributed by atoms with van der Waals surface area (Å²) in [6.45, 7) is 2.06. The molecule has 0 spiro atoms. The van der Waals surface area contributed by atoms with Crippen molar-refractivity contribution >= 4 is 17.5 Å². The topological polar surface area (TPSA) is 93.1 Å². The van der Waals surface area contributed by atoms with Gasteiger partial charge in [-0.25, -0.2) is 9.87 Å². The first-order valence-corrected chi connectivity index (χ1v) is 6.91. The Kier molecular flexibility index (Phi) is 5.29. The molecule has 1 saturated heterocycles. The molecule has 120 valence electrons. The van der Waals surface area contributed by atoms with E-state index in [1.807, 2.05) is 4.90 Å². The van der Waals surface area contributed by atoms with Crippen LogP contribution in [0.15, 0.2) is 24.3 Å². The van der Waals surface area contributed by atoms with Gasteiger partial charge in [0, 0.05) is 31.9 Å². The Balaban J connectivity index is 1.85. The summed E-state index contributed by atoms with van der Waals surface area (Å²) in [4.78, 5) is 26.5. The monoisotopic (exact) mass is 311 g/mol. The minimum atomic E-state index is -1.56. The first-order valence-electron chi connectivity index (χ1n) is 6.91. The third kappa shape index (κ3) is 3.92. The number of aliphatic hydroxyl groups excluding tert-OH is 1. The van der Waals surface area contributed by atoms with Gasteiger partial charge in [0.2, 0.25) is 5.91 Å². The van der Waals surface area contributed by atoms with E-state index in [4.69, 9.17) is 5.21 Å². The van der Waals surface area contributed by atoms with Crippen molar-refractivity contribution in [1.82, 2.24) is 10.4 Å². The van der Waals surface area contributed by atoms with Crippen molar-refractivity contribution < 1.29 is 24.3 Å². The molecule has 0 aliphatic carbocycles. The van der Waals surface area contributed by atoms with Crippen LogP contribution in [0, 0.1) is 5.82 Å². The molecule has 1 atom stereocenters. The van der Waals surface area contributed by atoms with E-state index in [1.54, 1.807) is 17.0 Å². The van der Waals surface area contributed by atoms with Crippen molar-refractivity contribution in [3.8, 4) is 0 Å². The van der Waals surface area contributed by atoms with Gasteiger partial charge in [-0.3, -0.25) is 14.8 Å². The standard InChI is InChI=1S/C14H18FN3O4/c15-10-1-3-11(4-2-10)17-5-7-18(8-6-17)13(20)9-12(19)14(21)16-22/h1-4,12,19,22H,5-9H2,(H,16,21).